The number of carbonyl (C=O) groups excluding carboxylic acids is 1. The normalized spacial score (nSPS) is 9.27. The summed E-state index contributed by atoms with van der Waals surface area (Å²) < 4.78 is 0. The van der Waals surface area contributed by atoms with Crippen molar-refractivity contribution in [2.75, 3.05) is 18.9 Å². The van der Waals surface area contributed by atoms with Crippen LogP contribution in [0.4, 0.5) is 5.69 Å². The van der Waals surface area contributed by atoms with Crippen molar-refractivity contribution in [3.63, 3.8) is 0 Å². The van der Waals surface area contributed by atoms with Crippen LogP contribution in [0.5, 0.6) is 0 Å². The smallest absolute Gasteiger partial charge is 0.238 e. The molecule has 0 fully saturated rings. The molecule has 0 bridgehead atoms. The van der Waals surface area contributed by atoms with Crippen LogP contribution in [-0.4, -0.2) is 19.5 Å². The fraction of sp³-hybridized carbons (Fsp3) is 0.300. The van der Waals surface area contributed by atoms with E-state index in [2.05, 4.69) is 10.6 Å². The van der Waals surface area contributed by atoms with Crippen molar-refractivity contribution in [3.8, 4) is 0 Å². The minimum atomic E-state index is -0.0765. The third-order valence-electron chi connectivity index (χ3n) is 1.79. The van der Waals surface area contributed by atoms with Gasteiger partial charge < -0.3 is 10.6 Å². The second-order valence-corrected chi connectivity index (χ2v) is 3.45. The molecule has 0 saturated carbocycles. The largest absolute Gasteiger partial charge is 0.325 e. The third-order valence-corrected chi connectivity index (χ3v) is 2.20. The summed E-state index contributed by atoms with van der Waals surface area (Å²) in [5, 5.41) is 6.15. The van der Waals surface area contributed by atoms with Crippen LogP contribution in [0.15, 0.2) is 18.2 Å². The first kappa shape index (κ1) is 14.2. The van der Waals surface area contributed by atoms with Crippen molar-refractivity contribution in [2.45, 2.75) is 6.92 Å². The van der Waals surface area contributed by atoms with Gasteiger partial charge in [0.2, 0.25) is 5.91 Å². The molecule has 84 valence electrons. The van der Waals surface area contributed by atoms with Gasteiger partial charge in [0.05, 0.1) is 6.54 Å². The van der Waals surface area contributed by atoms with Crippen molar-refractivity contribution in [3.05, 3.63) is 28.8 Å². The van der Waals surface area contributed by atoms with E-state index in [0.29, 0.717) is 11.6 Å². The van der Waals surface area contributed by atoms with E-state index in [1.807, 2.05) is 19.1 Å². The summed E-state index contributed by atoms with van der Waals surface area (Å²) in [6.07, 6.45) is 0. The Morgan fingerprint density at radius 3 is 2.67 bits per heavy atom. The first-order chi connectivity index (χ1) is 6.63. The second-order valence-electron chi connectivity index (χ2n) is 3.04. The van der Waals surface area contributed by atoms with Crippen LogP contribution in [-0.2, 0) is 4.79 Å². The highest BCUT2D eigenvalue weighted by atomic mass is 35.5. The van der Waals surface area contributed by atoms with Gasteiger partial charge in [0, 0.05) is 10.7 Å². The van der Waals surface area contributed by atoms with Gasteiger partial charge in [-0.1, -0.05) is 17.7 Å². The van der Waals surface area contributed by atoms with Crippen molar-refractivity contribution >= 4 is 35.6 Å². The van der Waals surface area contributed by atoms with Gasteiger partial charge in [-0.25, -0.2) is 0 Å². The number of carbonyl (C=O) groups is 1. The van der Waals surface area contributed by atoms with Gasteiger partial charge in [-0.15, -0.1) is 12.4 Å². The van der Waals surface area contributed by atoms with E-state index < -0.39 is 0 Å². The lowest BCUT2D eigenvalue weighted by molar-refractivity contribution is -0.115. The molecule has 1 rings (SSSR count). The summed E-state index contributed by atoms with van der Waals surface area (Å²) >= 11 is 5.91. The van der Waals surface area contributed by atoms with E-state index in [1.54, 1.807) is 13.1 Å². The van der Waals surface area contributed by atoms with Gasteiger partial charge in [0.1, 0.15) is 0 Å². The molecule has 0 aliphatic heterocycles. The molecule has 1 aromatic carbocycles. The molecule has 0 spiro atoms. The van der Waals surface area contributed by atoms with Crippen molar-refractivity contribution in [1.82, 2.24) is 5.32 Å². The highest BCUT2D eigenvalue weighted by molar-refractivity contribution is 6.31. The Morgan fingerprint density at radius 2 is 2.13 bits per heavy atom. The molecule has 0 saturated heterocycles. The number of amides is 1. The topological polar surface area (TPSA) is 41.1 Å². The fourth-order valence-electron chi connectivity index (χ4n) is 1.04. The number of aryl methyl sites for hydroxylation is 1. The maximum absolute atomic E-state index is 11.2. The molecule has 0 heterocycles. The number of nitrogens with one attached hydrogen (secondary N) is 2. The summed E-state index contributed by atoms with van der Waals surface area (Å²) in [5.74, 6) is -0.0765. The van der Waals surface area contributed by atoms with Crippen molar-refractivity contribution in [1.29, 1.82) is 0 Å². The Kier molecular flexibility index (Phi) is 6.32. The molecule has 1 aromatic rings. The van der Waals surface area contributed by atoms with Crippen molar-refractivity contribution < 1.29 is 4.79 Å². The predicted molar refractivity (Wildman–Crippen MR) is 66.0 cm³/mol. The maximum Gasteiger partial charge on any atom is 0.238 e. The van der Waals surface area contributed by atoms with E-state index >= 15 is 0 Å². The summed E-state index contributed by atoms with van der Waals surface area (Å²) in [6, 6.07) is 5.44. The lowest BCUT2D eigenvalue weighted by Gasteiger charge is -2.06. The molecule has 0 unspecified atom stereocenters. The Labute approximate surface area is 101 Å². The number of likely N-dealkylation sites (N-methyl/N-ethyl adjacent to an activating group) is 1. The molecule has 5 heteroatoms. The molecule has 0 radical (unpaired) electrons. The Bertz CT molecular complexity index is 342. The van der Waals surface area contributed by atoms with Gasteiger partial charge in [-0.05, 0) is 31.7 Å². The number of benzene rings is 1. The van der Waals surface area contributed by atoms with Crippen LogP contribution >= 0.6 is 24.0 Å². The number of hydrogen-bond acceptors (Lipinski definition) is 2. The summed E-state index contributed by atoms with van der Waals surface area (Å²) in [6.45, 7) is 2.22. The number of halogens is 2. The van der Waals surface area contributed by atoms with Crippen LogP contribution in [0, 0.1) is 6.92 Å². The first-order valence-electron chi connectivity index (χ1n) is 4.34. The van der Waals surface area contributed by atoms with Gasteiger partial charge in [0.15, 0.2) is 0 Å². The molecule has 0 atom stereocenters. The molecule has 0 aromatic heterocycles. The summed E-state index contributed by atoms with van der Waals surface area (Å²) in [7, 11) is 1.72. The second kappa shape index (κ2) is 6.67. The van der Waals surface area contributed by atoms with E-state index in [4.69, 9.17) is 11.6 Å². The van der Waals surface area contributed by atoms with Crippen molar-refractivity contribution in [2.24, 2.45) is 0 Å². The number of hydrogen-bond donors (Lipinski definition) is 2. The third kappa shape index (κ3) is 4.51. The molecule has 2 N–H and O–H groups in total. The number of anilines is 1. The Balaban J connectivity index is 0.00000196. The molecular formula is C10H14Cl2N2O. The SMILES string of the molecule is CNCC(=O)Nc1ccc(C)c(Cl)c1.Cl. The quantitative estimate of drug-likeness (QED) is 0.862. The monoisotopic (exact) mass is 248 g/mol. The van der Waals surface area contributed by atoms with Gasteiger partial charge in [-0.2, -0.15) is 0 Å². The zero-order valence-corrected chi connectivity index (χ0v) is 10.2. The Morgan fingerprint density at radius 1 is 1.47 bits per heavy atom. The van der Waals surface area contributed by atoms with Crippen LogP contribution in [0.25, 0.3) is 0 Å². The molecule has 0 aliphatic carbocycles. The molecule has 0 aliphatic rings. The predicted octanol–water partition coefficient (Wildman–Crippen LogP) is 2.23. The average Bonchev–Trinajstić information content (AvgIpc) is 2.12. The van der Waals surface area contributed by atoms with Crippen LogP contribution < -0.4 is 10.6 Å². The Hall–Kier alpha value is -0.770. The van der Waals surface area contributed by atoms with Gasteiger partial charge in [0.25, 0.3) is 0 Å². The molecule has 3 nitrogen and oxygen atoms in total. The maximum atomic E-state index is 11.2. The first-order valence-corrected chi connectivity index (χ1v) is 4.72. The van der Waals surface area contributed by atoms with E-state index in [-0.39, 0.29) is 18.3 Å². The lowest BCUT2D eigenvalue weighted by Crippen LogP contribution is -2.24. The molecular weight excluding hydrogens is 235 g/mol. The van der Waals surface area contributed by atoms with E-state index in [1.165, 1.54) is 0 Å². The van der Waals surface area contributed by atoms with Crippen LogP contribution in [0.3, 0.4) is 0 Å². The highest BCUT2D eigenvalue weighted by Crippen LogP contribution is 2.19. The van der Waals surface area contributed by atoms with Crippen LogP contribution in [0.1, 0.15) is 5.56 Å². The molecule has 15 heavy (non-hydrogen) atoms. The summed E-state index contributed by atoms with van der Waals surface area (Å²) in [4.78, 5) is 11.2. The standard InChI is InChI=1S/C10H13ClN2O.ClH/c1-7-3-4-8(5-9(7)11)13-10(14)6-12-2;/h3-5,12H,6H2,1-2H3,(H,13,14);1H. The van der Waals surface area contributed by atoms with Gasteiger partial charge in [-0.3, -0.25) is 4.79 Å². The van der Waals surface area contributed by atoms with Gasteiger partial charge >= 0.3 is 0 Å². The zero-order chi connectivity index (χ0) is 10.6. The zero-order valence-electron chi connectivity index (χ0n) is 8.63. The highest BCUT2D eigenvalue weighted by Gasteiger charge is 2.01. The summed E-state index contributed by atoms with van der Waals surface area (Å²) in [5.41, 5.74) is 1.72. The number of rotatable bonds is 3. The average molecular weight is 249 g/mol. The van der Waals surface area contributed by atoms with Crippen LogP contribution in [0.2, 0.25) is 5.02 Å². The lowest BCUT2D eigenvalue weighted by atomic mass is 10.2. The minimum absolute atomic E-state index is 0. The van der Waals surface area contributed by atoms with E-state index in [9.17, 15) is 4.79 Å². The molecule has 1 amide bonds. The van der Waals surface area contributed by atoms with E-state index in [0.717, 1.165) is 11.3 Å². The fourth-order valence-corrected chi connectivity index (χ4v) is 1.22. The minimum Gasteiger partial charge on any atom is -0.325 e.